The second-order valence-electron chi connectivity index (χ2n) is 5.70. The summed E-state index contributed by atoms with van der Waals surface area (Å²) in [7, 11) is -3.65. The smallest absolute Gasteiger partial charge is 0.254 e. The number of pyridine rings is 1. The van der Waals surface area contributed by atoms with Crippen LogP contribution in [-0.2, 0) is 10.0 Å². The number of halogens is 1. The van der Waals surface area contributed by atoms with Gasteiger partial charge in [0.2, 0.25) is 10.0 Å². The van der Waals surface area contributed by atoms with E-state index in [9.17, 15) is 13.2 Å². The van der Waals surface area contributed by atoms with Gasteiger partial charge in [-0.1, -0.05) is 11.6 Å². The van der Waals surface area contributed by atoms with Crippen LogP contribution in [0.2, 0.25) is 5.15 Å². The zero-order valence-electron chi connectivity index (χ0n) is 13.7. The molecule has 0 radical (unpaired) electrons. The van der Waals surface area contributed by atoms with Gasteiger partial charge in [-0.05, 0) is 36.4 Å². The molecule has 134 valence electrons. The number of aromatic nitrogens is 1. The molecule has 0 unspecified atom stereocenters. The lowest BCUT2D eigenvalue weighted by Crippen LogP contribution is -2.50. The Hall–Kier alpha value is -2.47. The van der Waals surface area contributed by atoms with E-state index in [2.05, 4.69) is 4.98 Å². The topological polar surface area (TPSA) is 94.4 Å². The Balaban J connectivity index is 1.69. The first-order valence-electron chi connectivity index (χ1n) is 7.83. The summed E-state index contributed by atoms with van der Waals surface area (Å²) in [5.41, 5.74) is 0.823. The molecule has 1 fully saturated rings. The molecule has 0 saturated carbocycles. The van der Waals surface area contributed by atoms with Gasteiger partial charge in [0.1, 0.15) is 5.15 Å². The lowest BCUT2D eigenvalue weighted by molar-refractivity contribution is 0.0698. The number of nitrogens with zero attached hydrogens (tertiary/aromatic N) is 4. The number of rotatable bonds is 3. The van der Waals surface area contributed by atoms with Crippen molar-refractivity contribution in [2.45, 2.75) is 4.90 Å². The molecule has 1 aromatic heterocycles. The molecule has 1 aliphatic rings. The molecular weight excluding hydrogens is 376 g/mol. The molecule has 1 aliphatic heterocycles. The number of piperazine rings is 1. The van der Waals surface area contributed by atoms with E-state index in [1.807, 2.05) is 6.07 Å². The highest BCUT2D eigenvalue weighted by Crippen LogP contribution is 2.19. The molecule has 7 nitrogen and oxygen atoms in total. The summed E-state index contributed by atoms with van der Waals surface area (Å²) >= 11 is 5.81. The van der Waals surface area contributed by atoms with Crippen LogP contribution in [0.1, 0.15) is 15.9 Å². The fourth-order valence-electron chi connectivity index (χ4n) is 2.70. The Labute approximate surface area is 156 Å². The van der Waals surface area contributed by atoms with Crippen LogP contribution in [0.4, 0.5) is 0 Å². The lowest BCUT2D eigenvalue weighted by atomic mass is 10.2. The zero-order chi connectivity index (χ0) is 18.7. The average molecular weight is 391 g/mol. The third kappa shape index (κ3) is 3.70. The van der Waals surface area contributed by atoms with Gasteiger partial charge in [-0.25, -0.2) is 13.4 Å². The van der Waals surface area contributed by atoms with Crippen LogP contribution >= 0.6 is 11.6 Å². The normalized spacial score (nSPS) is 15.5. The van der Waals surface area contributed by atoms with Gasteiger partial charge in [-0.15, -0.1) is 0 Å². The minimum absolute atomic E-state index is 0.136. The van der Waals surface area contributed by atoms with Crippen LogP contribution in [-0.4, -0.2) is 54.7 Å². The monoisotopic (exact) mass is 390 g/mol. The van der Waals surface area contributed by atoms with E-state index >= 15 is 0 Å². The van der Waals surface area contributed by atoms with Crippen molar-refractivity contribution >= 4 is 27.5 Å². The van der Waals surface area contributed by atoms with Gasteiger partial charge in [-0.2, -0.15) is 9.57 Å². The van der Waals surface area contributed by atoms with Crippen molar-refractivity contribution in [1.29, 1.82) is 5.26 Å². The molecule has 0 spiro atoms. The van der Waals surface area contributed by atoms with Gasteiger partial charge < -0.3 is 4.90 Å². The predicted molar refractivity (Wildman–Crippen MR) is 95.1 cm³/mol. The fourth-order valence-corrected chi connectivity index (χ4v) is 4.30. The summed E-state index contributed by atoms with van der Waals surface area (Å²) in [5, 5.41) is 9.05. The minimum atomic E-state index is -3.65. The van der Waals surface area contributed by atoms with Crippen molar-refractivity contribution in [2.75, 3.05) is 26.2 Å². The van der Waals surface area contributed by atoms with E-state index in [1.54, 1.807) is 11.0 Å². The van der Waals surface area contributed by atoms with Gasteiger partial charge in [0.25, 0.3) is 5.91 Å². The number of nitriles is 1. The molecule has 26 heavy (non-hydrogen) atoms. The van der Waals surface area contributed by atoms with Crippen molar-refractivity contribution in [2.24, 2.45) is 0 Å². The van der Waals surface area contributed by atoms with Gasteiger partial charge in [0.15, 0.2) is 0 Å². The van der Waals surface area contributed by atoms with Crippen molar-refractivity contribution in [1.82, 2.24) is 14.2 Å². The van der Waals surface area contributed by atoms with Crippen molar-refractivity contribution in [3.05, 3.63) is 58.9 Å². The van der Waals surface area contributed by atoms with E-state index in [0.29, 0.717) is 11.1 Å². The van der Waals surface area contributed by atoms with E-state index in [-0.39, 0.29) is 42.1 Å². The van der Waals surface area contributed by atoms with Gasteiger partial charge in [-0.3, -0.25) is 4.79 Å². The molecule has 0 atom stereocenters. The van der Waals surface area contributed by atoms with Crippen LogP contribution in [0.25, 0.3) is 0 Å². The van der Waals surface area contributed by atoms with E-state index in [0.717, 1.165) is 0 Å². The van der Waals surface area contributed by atoms with Gasteiger partial charge in [0.05, 0.1) is 16.5 Å². The number of carbonyl (C=O) groups excluding carboxylic acids is 1. The fraction of sp³-hybridized carbons (Fsp3) is 0.235. The first-order valence-corrected chi connectivity index (χ1v) is 9.65. The quantitative estimate of drug-likeness (QED) is 0.744. The largest absolute Gasteiger partial charge is 0.336 e. The second kappa shape index (κ2) is 7.41. The third-order valence-electron chi connectivity index (χ3n) is 4.12. The van der Waals surface area contributed by atoms with Crippen LogP contribution in [0.3, 0.4) is 0 Å². The Morgan fingerprint density at radius 3 is 2.35 bits per heavy atom. The predicted octanol–water partition coefficient (Wildman–Crippen LogP) is 1.75. The van der Waals surface area contributed by atoms with Gasteiger partial charge >= 0.3 is 0 Å². The molecule has 0 aliphatic carbocycles. The minimum Gasteiger partial charge on any atom is -0.336 e. The molecule has 1 amide bonds. The number of carbonyl (C=O) groups is 1. The molecule has 0 bridgehead atoms. The highest BCUT2D eigenvalue weighted by atomic mass is 35.5. The van der Waals surface area contributed by atoms with Crippen LogP contribution < -0.4 is 0 Å². The molecule has 0 N–H and O–H groups in total. The Bertz CT molecular complexity index is 962. The zero-order valence-corrected chi connectivity index (χ0v) is 15.2. The van der Waals surface area contributed by atoms with Crippen LogP contribution in [0, 0.1) is 11.3 Å². The summed E-state index contributed by atoms with van der Waals surface area (Å²) in [5.74, 6) is -0.204. The van der Waals surface area contributed by atoms with Crippen LogP contribution in [0.15, 0.2) is 47.5 Å². The maximum atomic E-state index is 12.7. The van der Waals surface area contributed by atoms with Gasteiger partial charge in [0, 0.05) is 37.9 Å². The Morgan fingerprint density at radius 1 is 1.12 bits per heavy atom. The molecular formula is C17H15ClN4O3S. The van der Waals surface area contributed by atoms with E-state index in [4.69, 9.17) is 16.9 Å². The molecule has 1 aromatic carbocycles. The number of amides is 1. The maximum Gasteiger partial charge on any atom is 0.254 e. The summed E-state index contributed by atoms with van der Waals surface area (Å²) in [6, 6.07) is 10.8. The average Bonchev–Trinajstić information content (AvgIpc) is 2.67. The van der Waals surface area contributed by atoms with E-state index in [1.165, 1.54) is 40.8 Å². The molecule has 2 aromatic rings. The number of sulfonamides is 1. The molecule has 2 heterocycles. The highest BCUT2D eigenvalue weighted by molar-refractivity contribution is 7.89. The van der Waals surface area contributed by atoms with Crippen molar-refractivity contribution in [3.8, 4) is 6.07 Å². The third-order valence-corrected chi connectivity index (χ3v) is 6.24. The molecule has 9 heteroatoms. The SMILES string of the molecule is N#Cc1ccc(S(=O)(=O)N2CCN(C(=O)c3ccnc(Cl)c3)CC2)cc1. The molecule has 3 rings (SSSR count). The highest BCUT2D eigenvalue weighted by Gasteiger charge is 2.30. The summed E-state index contributed by atoms with van der Waals surface area (Å²) in [4.78, 5) is 18.1. The number of hydrogen-bond donors (Lipinski definition) is 0. The van der Waals surface area contributed by atoms with Crippen molar-refractivity contribution in [3.63, 3.8) is 0 Å². The molecule has 1 saturated heterocycles. The Morgan fingerprint density at radius 2 is 1.77 bits per heavy atom. The lowest BCUT2D eigenvalue weighted by Gasteiger charge is -2.34. The summed E-state index contributed by atoms with van der Waals surface area (Å²) in [6.45, 7) is 0.975. The summed E-state index contributed by atoms with van der Waals surface area (Å²) < 4.78 is 26.7. The van der Waals surface area contributed by atoms with E-state index < -0.39 is 10.0 Å². The standard InChI is InChI=1S/C17H15ClN4O3S/c18-16-11-14(5-6-20-16)17(23)21-7-9-22(10-8-21)26(24,25)15-3-1-13(12-19)2-4-15/h1-6,11H,7-10H2. The second-order valence-corrected chi connectivity index (χ2v) is 8.02. The first kappa shape index (κ1) is 18.3. The van der Waals surface area contributed by atoms with Crippen molar-refractivity contribution < 1.29 is 13.2 Å². The number of hydrogen-bond acceptors (Lipinski definition) is 5. The Kier molecular flexibility index (Phi) is 5.23. The summed E-state index contributed by atoms with van der Waals surface area (Å²) in [6.07, 6.45) is 1.46. The number of benzene rings is 1. The van der Waals surface area contributed by atoms with Crippen LogP contribution in [0.5, 0.6) is 0 Å². The first-order chi connectivity index (χ1) is 12.4. The maximum absolute atomic E-state index is 12.7.